The van der Waals surface area contributed by atoms with Gasteiger partial charge >= 0.3 is 0 Å². The van der Waals surface area contributed by atoms with Crippen LogP contribution in [0.1, 0.15) is 36.5 Å². The van der Waals surface area contributed by atoms with Gasteiger partial charge in [-0.2, -0.15) is 0 Å². The van der Waals surface area contributed by atoms with Crippen molar-refractivity contribution in [3.63, 3.8) is 0 Å². The molecule has 1 N–H and O–H groups in total. The molecule has 1 saturated heterocycles. The molecule has 0 amide bonds. The molecule has 0 bridgehead atoms. The van der Waals surface area contributed by atoms with E-state index in [1.807, 2.05) is 12.1 Å². The lowest BCUT2D eigenvalue weighted by Gasteiger charge is -2.33. The van der Waals surface area contributed by atoms with E-state index in [4.69, 9.17) is 9.47 Å². The van der Waals surface area contributed by atoms with Crippen molar-refractivity contribution in [2.45, 2.75) is 38.4 Å². The number of aliphatic hydroxyl groups is 1. The average molecular weight is 307 g/mol. The van der Waals surface area contributed by atoms with Gasteiger partial charge in [-0.3, -0.25) is 0 Å². The number of aryl methyl sites for hydroxylation is 1. The molecule has 1 fully saturated rings. The molecule has 124 valence electrons. The number of ether oxygens (including phenoxy) is 2. The summed E-state index contributed by atoms with van der Waals surface area (Å²) in [6, 6.07) is 8.15. The lowest BCUT2D eigenvalue weighted by atomic mass is 10.0. The quantitative estimate of drug-likeness (QED) is 0.750. The molecule has 2 rings (SSSR count). The molecular weight excluding hydrogens is 278 g/mol. The number of hydrogen-bond acceptors (Lipinski definition) is 4. The van der Waals surface area contributed by atoms with Crippen molar-refractivity contribution in [3.8, 4) is 0 Å². The number of methoxy groups -OCH3 is 1. The van der Waals surface area contributed by atoms with Crippen molar-refractivity contribution >= 4 is 0 Å². The van der Waals surface area contributed by atoms with Gasteiger partial charge in [0, 0.05) is 40.0 Å². The SMILES string of the molecule is COCCCOC1CCN(CC(O)c2ccc(C)cc2)CC1. The highest BCUT2D eigenvalue weighted by molar-refractivity contribution is 5.23. The molecule has 4 nitrogen and oxygen atoms in total. The van der Waals surface area contributed by atoms with Crippen molar-refractivity contribution in [1.29, 1.82) is 0 Å². The van der Waals surface area contributed by atoms with Crippen LogP contribution in [0.3, 0.4) is 0 Å². The third-order valence-electron chi connectivity index (χ3n) is 4.27. The van der Waals surface area contributed by atoms with Crippen LogP contribution in [-0.2, 0) is 9.47 Å². The van der Waals surface area contributed by atoms with E-state index in [1.54, 1.807) is 7.11 Å². The minimum absolute atomic E-state index is 0.365. The van der Waals surface area contributed by atoms with E-state index >= 15 is 0 Å². The molecule has 4 heteroatoms. The molecule has 1 aromatic rings. The first-order valence-electron chi connectivity index (χ1n) is 8.26. The van der Waals surface area contributed by atoms with Crippen molar-refractivity contribution < 1.29 is 14.6 Å². The number of β-amino-alcohol motifs (C(OH)–C–C–N with tert-alkyl or cyclic N) is 1. The maximum atomic E-state index is 10.3. The highest BCUT2D eigenvalue weighted by Gasteiger charge is 2.21. The van der Waals surface area contributed by atoms with E-state index in [1.165, 1.54) is 5.56 Å². The van der Waals surface area contributed by atoms with Gasteiger partial charge in [0.05, 0.1) is 12.2 Å². The smallest absolute Gasteiger partial charge is 0.0916 e. The molecule has 1 heterocycles. The van der Waals surface area contributed by atoms with Gasteiger partial charge in [-0.05, 0) is 31.7 Å². The van der Waals surface area contributed by atoms with Gasteiger partial charge in [-0.1, -0.05) is 29.8 Å². The Morgan fingerprint density at radius 1 is 1.18 bits per heavy atom. The Morgan fingerprint density at radius 3 is 2.50 bits per heavy atom. The van der Waals surface area contributed by atoms with Crippen LogP contribution in [0.15, 0.2) is 24.3 Å². The molecule has 0 radical (unpaired) electrons. The van der Waals surface area contributed by atoms with E-state index in [2.05, 4.69) is 24.0 Å². The van der Waals surface area contributed by atoms with Crippen LogP contribution < -0.4 is 0 Å². The van der Waals surface area contributed by atoms with Crippen molar-refractivity contribution in [1.82, 2.24) is 4.90 Å². The molecule has 1 atom stereocenters. The first-order valence-corrected chi connectivity index (χ1v) is 8.26. The fraction of sp³-hybridized carbons (Fsp3) is 0.667. The number of nitrogens with zero attached hydrogens (tertiary/aromatic N) is 1. The Morgan fingerprint density at radius 2 is 1.86 bits per heavy atom. The first kappa shape index (κ1) is 17.4. The Hall–Kier alpha value is -0.940. The van der Waals surface area contributed by atoms with Crippen LogP contribution >= 0.6 is 0 Å². The monoisotopic (exact) mass is 307 g/mol. The van der Waals surface area contributed by atoms with Gasteiger partial charge in [0.2, 0.25) is 0 Å². The summed E-state index contributed by atoms with van der Waals surface area (Å²) in [6.07, 6.45) is 3.02. The summed E-state index contributed by atoms with van der Waals surface area (Å²) in [7, 11) is 1.72. The standard InChI is InChI=1S/C18H29NO3/c1-15-4-6-16(7-5-15)18(20)14-19-10-8-17(9-11-19)22-13-3-12-21-2/h4-7,17-18,20H,3,8-14H2,1-2H3. The summed E-state index contributed by atoms with van der Waals surface area (Å²) >= 11 is 0. The first-order chi connectivity index (χ1) is 10.7. The fourth-order valence-corrected chi connectivity index (χ4v) is 2.85. The molecule has 1 aliphatic rings. The molecular formula is C18H29NO3. The van der Waals surface area contributed by atoms with Gasteiger partial charge in [0.1, 0.15) is 0 Å². The lowest BCUT2D eigenvalue weighted by Crippen LogP contribution is -2.39. The number of piperidine rings is 1. The minimum atomic E-state index is -0.403. The number of aliphatic hydroxyl groups excluding tert-OH is 1. The van der Waals surface area contributed by atoms with Crippen LogP contribution in [0, 0.1) is 6.92 Å². The molecule has 1 unspecified atom stereocenters. The third-order valence-corrected chi connectivity index (χ3v) is 4.27. The highest BCUT2D eigenvalue weighted by Crippen LogP contribution is 2.19. The molecule has 1 aromatic carbocycles. The number of benzene rings is 1. The van der Waals surface area contributed by atoms with Crippen LogP contribution in [0.25, 0.3) is 0 Å². The Kier molecular flexibility index (Phi) is 7.33. The van der Waals surface area contributed by atoms with Crippen LogP contribution in [-0.4, -0.2) is 56.1 Å². The summed E-state index contributed by atoms with van der Waals surface area (Å²) in [5, 5.41) is 10.3. The summed E-state index contributed by atoms with van der Waals surface area (Å²) in [4.78, 5) is 2.33. The zero-order valence-corrected chi connectivity index (χ0v) is 13.8. The van der Waals surface area contributed by atoms with Crippen molar-refractivity contribution in [2.75, 3.05) is 40.0 Å². The Balaban J connectivity index is 1.67. The normalized spacial score (nSPS) is 18.5. The summed E-state index contributed by atoms with van der Waals surface area (Å²) in [5.41, 5.74) is 2.23. The topological polar surface area (TPSA) is 41.9 Å². The van der Waals surface area contributed by atoms with E-state index < -0.39 is 6.10 Å². The van der Waals surface area contributed by atoms with Gasteiger partial charge in [0.15, 0.2) is 0 Å². The van der Waals surface area contributed by atoms with Crippen molar-refractivity contribution in [3.05, 3.63) is 35.4 Å². The zero-order valence-electron chi connectivity index (χ0n) is 13.8. The average Bonchev–Trinajstić information content (AvgIpc) is 2.54. The number of likely N-dealkylation sites (tertiary alicyclic amines) is 1. The number of hydrogen-bond donors (Lipinski definition) is 1. The van der Waals surface area contributed by atoms with Gasteiger partial charge in [0.25, 0.3) is 0 Å². The largest absolute Gasteiger partial charge is 0.387 e. The summed E-state index contributed by atoms with van der Waals surface area (Å²) in [6.45, 7) is 6.31. The van der Waals surface area contributed by atoms with Gasteiger partial charge in [-0.15, -0.1) is 0 Å². The van der Waals surface area contributed by atoms with Crippen molar-refractivity contribution in [2.24, 2.45) is 0 Å². The van der Waals surface area contributed by atoms with Crippen LogP contribution in [0.2, 0.25) is 0 Å². The predicted molar refractivity (Wildman–Crippen MR) is 88.0 cm³/mol. The second-order valence-electron chi connectivity index (χ2n) is 6.14. The van der Waals surface area contributed by atoms with Gasteiger partial charge < -0.3 is 19.5 Å². The lowest BCUT2D eigenvalue weighted by molar-refractivity contribution is -0.00823. The molecule has 0 spiro atoms. The van der Waals surface area contributed by atoms with Crippen LogP contribution in [0.4, 0.5) is 0 Å². The van der Waals surface area contributed by atoms with Gasteiger partial charge in [-0.25, -0.2) is 0 Å². The Bertz CT molecular complexity index is 413. The minimum Gasteiger partial charge on any atom is -0.387 e. The maximum absolute atomic E-state index is 10.3. The second kappa shape index (κ2) is 9.26. The van der Waals surface area contributed by atoms with Crippen LogP contribution in [0.5, 0.6) is 0 Å². The fourth-order valence-electron chi connectivity index (χ4n) is 2.85. The second-order valence-corrected chi connectivity index (χ2v) is 6.14. The van der Waals surface area contributed by atoms with E-state index in [0.717, 1.165) is 51.1 Å². The Labute approximate surface area is 134 Å². The van der Waals surface area contributed by atoms with E-state index in [9.17, 15) is 5.11 Å². The maximum Gasteiger partial charge on any atom is 0.0916 e. The molecule has 0 saturated carbocycles. The highest BCUT2D eigenvalue weighted by atomic mass is 16.5. The molecule has 0 aliphatic carbocycles. The van der Waals surface area contributed by atoms with E-state index in [-0.39, 0.29) is 0 Å². The molecule has 22 heavy (non-hydrogen) atoms. The summed E-state index contributed by atoms with van der Waals surface area (Å²) < 4.78 is 10.9. The van der Waals surface area contributed by atoms with E-state index in [0.29, 0.717) is 12.6 Å². The molecule has 1 aliphatic heterocycles. The number of rotatable bonds is 8. The predicted octanol–water partition coefficient (Wildman–Crippen LogP) is 2.55. The molecule has 0 aromatic heterocycles. The zero-order chi connectivity index (χ0) is 15.8. The summed E-state index contributed by atoms with van der Waals surface area (Å²) in [5.74, 6) is 0. The third kappa shape index (κ3) is 5.69.